The first-order chi connectivity index (χ1) is 7.92. The fourth-order valence-corrected chi connectivity index (χ4v) is 2.74. The van der Waals surface area contributed by atoms with Crippen LogP contribution in [0.4, 0.5) is 4.79 Å². The topological polar surface area (TPSA) is 41.6 Å². The molecule has 4 heteroatoms. The van der Waals surface area contributed by atoms with E-state index in [1.807, 2.05) is 25.7 Å². The second kappa shape index (κ2) is 4.48. The Kier molecular flexibility index (Phi) is 3.34. The molecule has 0 radical (unpaired) electrons. The molecule has 1 aliphatic heterocycles. The van der Waals surface area contributed by atoms with E-state index in [0.717, 1.165) is 32.1 Å². The minimum absolute atomic E-state index is 0.146. The monoisotopic (exact) mass is 240 g/mol. The first kappa shape index (κ1) is 12.7. The van der Waals surface area contributed by atoms with Crippen molar-refractivity contribution in [3.8, 4) is 0 Å². The summed E-state index contributed by atoms with van der Waals surface area (Å²) in [6.07, 6.45) is -0.146. The molecule has 1 heterocycles. The van der Waals surface area contributed by atoms with Crippen LogP contribution in [-0.2, 0) is 4.74 Å². The van der Waals surface area contributed by atoms with E-state index in [1.54, 1.807) is 0 Å². The van der Waals surface area contributed by atoms with Crippen molar-refractivity contribution < 1.29 is 9.53 Å². The Balaban J connectivity index is 1.74. The molecule has 17 heavy (non-hydrogen) atoms. The van der Waals surface area contributed by atoms with Crippen molar-refractivity contribution in [2.75, 3.05) is 26.2 Å². The van der Waals surface area contributed by atoms with Crippen molar-refractivity contribution in [2.24, 2.45) is 17.8 Å². The summed E-state index contributed by atoms with van der Waals surface area (Å²) in [5.41, 5.74) is -0.382. The Morgan fingerprint density at radius 2 is 1.94 bits per heavy atom. The van der Waals surface area contributed by atoms with E-state index in [2.05, 4.69) is 12.2 Å². The third-order valence-corrected chi connectivity index (χ3v) is 3.65. The van der Waals surface area contributed by atoms with Crippen LogP contribution in [0.2, 0.25) is 0 Å². The Hall–Kier alpha value is -0.770. The van der Waals surface area contributed by atoms with Gasteiger partial charge in [0, 0.05) is 13.1 Å². The Bertz CT molecular complexity index is 286. The van der Waals surface area contributed by atoms with Gasteiger partial charge in [0.05, 0.1) is 0 Å². The Labute approximate surface area is 104 Å². The zero-order chi connectivity index (χ0) is 12.6. The number of hydrogen-bond donors (Lipinski definition) is 1. The van der Waals surface area contributed by atoms with Crippen LogP contribution in [0, 0.1) is 17.8 Å². The molecular weight excluding hydrogens is 216 g/mol. The van der Waals surface area contributed by atoms with Gasteiger partial charge in [-0.05, 0) is 51.6 Å². The second-order valence-electron chi connectivity index (χ2n) is 6.18. The fourth-order valence-electron chi connectivity index (χ4n) is 2.74. The number of amides is 1. The minimum atomic E-state index is -0.382. The van der Waals surface area contributed by atoms with Gasteiger partial charge >= 0.3 is 6.09 Å². The summed E-state index contributed by atoms with van der Waals surface area (Å²) in [4.78, 5) is 13.7. The lowest BCUT2D eigenvalue weighted by atomic mass is 10.2. The number of rotatable bonds is 3. The second-order valence-corrected chi connectivity index (χ2v) is 6.18. The van der Waals surface area contributed by atoms with Crippen molar-refractivity contribution in [3.63, 3.8) is 0 Å². The summed E-state index contributed by atoms with van der Waals surface area (Å²) in [5, 5.41) is 3.39. The van der Waals surface area contributed by atoms with Crippen LogP contribution in [0.25, 0.3) is 0 Å². The molecule has 1 amide bonds. The molecule has 0 bridgehead atoms. The molecule has 1 aliphatic carbocycles. The van der Waals surface area contributed by atoms with Gasteiger partial charge in [-0.15, -0.1) is 0 Å². The van der Waals surface area contributed by atoms with Crippen LogP contribution >= 0.6 is 0 Å². The molecule has 2 rings (SSSR count). The molecular formula is C13H24N2O2. The van der Waals surface area contributed by atoms with Gasteiger partial charge in [-0.25, -0.2) is 4.79 Å². The lowest BCUT2D eigenvalue weighted by Crippen LogP contribution is -2.37. The van der Waals surface area contributed by atoms with Crippen LogP contribution in [0.3, 0.4) is 0 Å². The maximum Gasteiger partial charge on any atom is 0.410 e. The summed E-state index contributed by atoms with van der Waals surface area (Å²) in [6, 6.07) is 0. The standard InChI is InChI=1S/C13H24N2O2/c1-5-14-6-9-10-7-15(8-11(9)10)12(16)17-13(2,3)4/h9-11,14H,5-8H2,1-4H3/t9-,10-,11+. The van der Waals surface area contributed by atoms with E-state index >= 15 is 0 Å². The summed E-state index contributed by atoms with van der Waals surface area (Å²) in [7, 11) is 0. The third-order valence-electron chi connectivity index (χ3n) is 3.65. The highest BCUT2D eigenvalue weighted by Gasteiger charge is 2.56. The SMILES string of the molecule is CCNC[C@@H]1[C@H]2CN(C(=O)OC(C)(C)C)C[C@@H]12. The van der Waals surface area contributed by atoms with E-state index in [-0.39, 0.29) is 11.7 Å². The predicted molar refractivity (Wildman–Crippen MR) is 66.8 cm³/mol. The van der Waals surface area contributed by atoms with E-state index in [9.17, 15) is 4.79 Å². The van der Waals surface area contributed by atoms with Crippen LogP contribution in [0.5, 0.6) is 0 Å². The summed E-state index contributed by atoms with van der Waals surface area (Å²) < 4.78 is 5.38. The van der Waals surface area contributed by atoms with Gasteiger partial charge in [-0.3, -0.25) is 0 Å². The molecule has 0 unspecified atom stereocenters. The quantitative estimate of drug-likeness (QED) is 0.816. The van der Waals surface area contributed by atoms with E-state index in [1.165, 1.54) is 0 Å². The normalized spacial score (nSPS) is 31.3. The highest BCUT2D eigenvalue weighted by atomic mass is 16.6. The maximum atomic E-state index is 11.8. The molecule has 0 aromatic rings. The van der Waals surface area contributed by atoms with Crippen LogP contribution in [0.15, 0.2) is 0 Å². The van der Waals surface area contributed by atoms with Crippen LogP contribution in [0.1, 0.15) is 27.7 Å². The van der Waals surface area contributed by atoms with Gasteiger partial charge in [-0.2, -0.15) is 0 Å². The minimum Gasteiger partial charge on any atom is -0.444 e. The van der Waals surface area contributed by atoms with Crippen molar-refractivity contribution in [1.82, 2.24) is 10.2 Å². The zero-order valence-electron chi connectivity index (χ0n) is 11.3. The van der Waals surface area contributed by atoms with Crippen LogP contribution in [-0.4, -0.2) is 42.8 Å². The van der Waals surface area contributed by atoms with Gasteiger partial charge in [-0.1, -0.05) is 6.92 Å². The molecule has 4 nitrogen and oxygen atoms in total. The Morgan fingerprint density at radius 3 is 2.41 bits per heavy atom. The average Bonchev–Trinajstić information content (AvgIpc) is 2.67. The number of likely N-dealkylation sites (tertiary alicyclic amines) is 1. The Morgan fingerprint density at radius 1 is 1.35 bits per heavy atom. The average molecular weight is 240 g/mol. The maximum absolute atomic E-state index is 11.8. The van der Waals surface area contributed by atoms with Crippen LogP contribution < -0.4 is 5.32 Å². The van der Waals surface area contributed by atoms with Gasteiger partial charge in [0.25, 0.3) is 0 Å². The third kappa shape index (κ3) is 2.92. The van der Waals surface area contributed by atoms with Gasteiger partial charge < -0.3 is 15.0 Å². The highest BCUT2D eigenvalue weighted by molar-refractivity contribution is 5.69. The summed E-state index contributed by atoms with van der Waals surface area (Å²) in [6.45, 7) is 11.8. The fraction of sp³-hybridized carbons (Fsp3) is 0.923. The van der Waals surface area contributed by atoms with E-state index < -0.39 is 0 Å². The van der Waals surface area contributed by atoms with Gasteiger partial charge in [0.1, 0.15) is 5.60 Å². The number of fused-ring (bicyclic) bond motifs is 1. The smallest absolute Gasteiger partial charge is 0.410 e. The largest absolute Gasteiger partial charge is 0.444 e. The molecule has 1 saturated carbocycles. The highest BCUT2D eigenvalue weighted by Crippen LogP contribution is 2.51. The van der Waals surface area contributed by atoms with Gasteiger partial charge in [0.15, 0.2) is 0 Å². The summed E-state index contributed by atoms with van der Waals surface area (Å²) >= 11 is 0. The van der Waals surface area contributed by atoms with Crippen molar-refractivity contribution in [2.45, 2.75) is 33.3 Å². The molecule has 0 spiro atoms. The number of nitrogens with one attached hydrogen (secondary N) is 1. The van der Waals surface area contributed by atoms with E-state index in [0.29, 0.717) is 11.8 Å². The molecule has 0 aromatic carbocycles. The molecule has 98 valence electrons. The van der Waals surface area contributed by atoms with Crippen molar-refractivity contribution in [1.29, 1.82) is 0 Å². The number of hydrogen-bond acceptors (Lipinski definition) is 3. The van der Waals surface area contributed by atoms with E-state index in [4.69, 9.17) is 4.74 Å². The molecule has 1 saturated heterocycles. The zero-order valence-corrected chi connectivity index (χ0v) is 11.3. The number of ether oxygens (including phenoxy) is 1. The van der Waals surface area contributed by atoms with Crippen molar-refractivity contribution in [3.05, 3.63) is 0 Å². The number of piperidine rings is 1. The lowest BCUT2D eigenvalue weighted by molar-refractivity contribution is 0.0265. The number of nitrogens with zero attached hydrogens (tertiary/aromatic N) is 1. The number of carbonyl (C=O) groups excluding carboxylic acids is 1. The molecule has 2 aliphatic rings. The summed E-state index contributed by atoms with van der Waals surface area (Å²) in [5.74, 6) is 2.21. The number of carbonyl (C=O) groups is 1. The molecule has 2 fully saturated rings. The molecule has 3 atom stereocenters. The van der Waals surface area contributed by atoms with Gasteiger partial charge in [0.2, 0.25) is 0 Å². The first-order valence-corrected chi connectivity index (χ1v) is 6.61. The molecule has 1 N–H and O–H groups in total. The van der Waals surface area contributed by atoms with Crippen molar-refractivity contribution >= 4 is 6.09 Å². The first-order valence-electron chi connectivity index (χ1n) is 6.61. The molecule has 0 aromatic heterocycles. The predicted octanol–water partition coefficient (Wildman–Crippen LogP) is 1.71. The lowest BCUT2D eigenvalue weighted by Gasteiger charge is -2.25.